The number of ether oxygens (including phenoxy) is 1. The molecule has 0 saturated carbocycles. The lowest BCUT2D eigenvalue weighted by Gasteiger charge is -2.10. The van der Waals surface area contributed by atoms with Crippen LogP contribution in [0.5, 0.6) is 5.75 Å². The van der Waals surface area contributed by atoms with Crippen LogP contribution in [-0.4, -0.2) is 22.4 Å². The summed E-state index contributed by atoms with van der Waals surface area (Å²) < 4.78 is 29.4. The molecule has 0 saturated heterocycles. The summed E-state index contributed by atoms with van der Waals surface area (Å²) in [5.41, 5.74) is 0.650. The molecule has 1 N–H and O–H groups in total. The Morgan fingerprint density at radius 2 is 1.96 bits per heavy atom. The van der Waals surface area contributed by atoms with Crippen molar-refractivity contribution in [3.63, 3.8) is 0 Å². The lowest BCUT2D eigenvalue weighted by Crippen LogP contribution is -2.15. The third-order valence-corrected chi connectivity index (χ3v) is 4.19. The third-order valence-electron chi connectivity index (χ3n) is 3.43. The number of nitro groups is 1. The van der Waals surface area contributed by atoms with Crippen molar-refractivity contribution in [3.8, 4) is 17.0 Å². The molecule has 1 heterocycles. The Balaban J connectivity index is 1.86. The monoisotopic (exact) mass is 391 g/mol. The molecule has 7 nitrogen and oxygen atoms in total. The van der Waals surface area contributed by atoms with Crippen LogP contribution in [0.1, 0.15) is 10.4 Å². The Morgan fingerprint density at radius 3 is 2.63 bits per heavy atom. The largest absolute Gasteiger partial charge is 0.434 e. The number of aromatic nitrogens is 1. The zero-order valence-electron chi connectivity index (χ0n) is 13.5. The molecule has 1 aromatic heterocycles. The van der Waals surface area contributed by atoms with Gasteiger partial charge < -0.3 is 4.74 Å². The number of nitro benzene ring substituents is 1. The molecule has 0 atom stereocenters. The van der Waals surface area contributed by atoms with E-state index < -0.39 is 28.9 Å². The molecule has 0 radical (unpaired) electrons. The third kappa shape index (κ3) is 4.42. The van der Waals surface area contributed by atoms with Crippen molar-refractivity contribution in [2.75, 3.05) is 5.32 Å². The van der Waals surface area contributed by atoms with E-state index in [0.717, 1.165) is 35.1 Å². The molecule has 3 rings (SSSR count). The van der Waals surface area contributed by atoms with E-state index in [0.29, 0.717) is 5.69 Å². The highest BCUT2D eigenvalue weighted by atomic mass is 32.1. The summed E-state index contributed by atoms with van der Waals surface area (Å²) in [6, 6.07) is 12.0. The van der Waals surface area contributed by atoms with E-state index in [1.165, 1.54) is 0 Å². The van der Waals surface area contributed by atoms with E-state index in [4.69, 9.17) is 0 Å². The molecule has 1 amide bonds. The number of hydrogen-bond donors (Lipinski definition) is 1. The number of carbonyl (C=O) groups excluding carboxylic acids is 1. The van der Waals surface area contributed by atoms with Gasteiger partial charge in [0.1, 0.15) is 5.75 Å². The highest BCUT2D eigenvalue weighted by Gasteiger charge is 2.21. The Morgan fingerprint density at radius 1 is 1.22 bits per heavy atom. The van der Waals surface area contributed by atoms with Crippen molar-refractivity contribution in [1.82, 2.24) is 4.98 Å². The highest BCUT2D eigenvalue weighted by molar-refractivity contribution is 7.14. The molecule has 0 bridgehead atoms. The maximum absolute atomic E-state index is 12.5. The summed E-state index contributed by atoms with van der Waals surface area (Å²) in [6.45, 7) is -3.18. The van der Waals surface area contributed by atoms with E-state index in [9.17, 15) is 23.7 Å². The molecule has 0 aliphatic rings. The van der Waals surface area contributed by atoms with Gasteiger partial charge in [0.25, 0.3) is 11.6 Å². The van der Waals surface area contributed by atoms with Crippen molar-refractivity contribution in [1.29, 1.82) is 0 Å². The summed E-state index contributed by atoms with van der Waals surface area (Å²) in [5, 5.41) is 15.3. The average molecular weight is 391 g/mol. The second-order valence-corrected chi connectivity index (χ2v) is 6.03. The number of carbonyl (C=O) groups is 1. The number of nitrogens with one attached hydrogen (secondary N) is 1. The van der Waals surface area contributed by atoms with Crippen LogP contribution in [0, 0.1) is 10.1 Å². The zero-order chi connectivity index (χ0) is 19.4. The van der Waals surface area contributed by atoms with E-state index in [1.54, 1.807) is 5.38 Å². The second-order valence-electron chi connectivity index (χ2n) is 5.17. The predicted octanol–water partition coefficient (Wildman–Crippen LogP) is 4.57. The Labute approximate surface area is 155 Å². The summed E-state index contributed by atoms with van der Waals surface area (Å²) in [7, 11) is 0. The summed E-state index contributed by atoms with van der Waals surface area (Å²) in [4.78, 5) is 26.9. The first kappa shape index (κ1) is 18.4. The minimum absolute atomic E-state index is 0.216. The lowest BCUT2D eigenvalue weighted by molar-refractivity contribution is -0.384. The molecule has 0 spiro atoms. The molecule has 0 aliphatic heterocycles. The van der Waals surface area contributed by atoms with Gasteiger partial charge in [-0.1, -0.05) is 30.3 Å². The van der Waals surface area contributed by atoms with Crippen molar-refractivity contribution in [3.05, 3.63) is 69.6 Å². The molecule has 0 fully saturated rings. The standard InChI is InChI=1S/C17H11F2N3O4S/c18-16(19)26-14-7-6-11(22(24)25)8-12(14)15(23)21-17-20-13(9-27-17)10-4-2-1-3-5-10/h1-9,16H,(H,20,21,23). The van der Waals surface area contributed by atoms with Gasteiger partial charge in [-0.2, -0.15) is 8.78 Å². The van der Waals surface area contributed by atoms with Gasteiger partial charge >= 0.3 is 6.61 Å². The van der Waals surface area contributed by atoms with E-state index in [2.05, 4.69) is 15.0 Å². The molecule has 3 aromatic rings. The summed E-state index contributed by atoms with van der Waals surface area (Å²) >= 11 is 1.13. The van der Waals surface area contributed by atoms with Gasteiger partial charge in [-0.25, -0.2) is 4.98 Å². The Kier molecular flexibility index (Phi) is 5.36. The molecule has 138 valence electrons. The van der Waals surface area contributed by atoms with Gasteiger partial charge in [0.05, 0.1) is 16.2 Å². The number of anilines is 1. The fraction of sp³-hybridized carbons (Fsp3) is 0.0588. The molecule has 27 heavy (non-hydrogen) atoms. The fourth-order valence-electron chi connectivity index (χ4n) is 2.24. The normalized spacial score (nSPS) is 10.6. The van der Waals surface area contributed by atoms with E-state index in [1.807, 2.05) is 30.3 Å². The highest BCUT2D eigenvalue weighted by Crippen LogP contribution is 2.29. The number of rotatable bonds is 6. The van der Waals surface area contributed by atoms with Crippen molar-refractivity contribution in [2.24, 2.45) is 0 Å². The SMILES string of the molecule is O=C(Nc1nc(-c2ccccc2)cs1)c1cc([N+](=O)[O-])ccc1OC(F)F. The number of benzene rings is 2. The first-order valence-corrected chi connectivity index (χ1v) is 8.37. The maximum Gasteiger partial charge on any atom is 0.387 e. The average Bonchev–Trinajstić information content (AvgIpc) is 3.10. The zero-order valence-corrected chi connectivity index (χ0v) is 14.3. The van der Waals surface area contributed by atoms with Crippen molar-refractivity contribution in [2.45, 2.75) is 6.61 Å². The first-order chi connectivity index (χ1) is 12.9. The van der Waals surface area contributed by atoms with Gasteiger partial charge in [-0.05, 0) is 6.07 Å². The molecular weight excluding hydrogens is 380 g/mol. The minimum Gasteiger partial charge on any atom is -0.434 e. The molecule has 0 unspecified atom stereocenters. The number of thiazole rings is 1. The number of halogens is 2. The quantitative estimate of drug-likeness (QED) is 0.491. The second kappa shape index (κ2) is 7.87. The summed E-state index contributed by atoms with van der Waals surface area (Å²) in [6.07, 6.45) is 0. The predicted molar refractivity (Wildman–Crippen MR) is 95.2 cm³/mol. The first-order valence-electron chi connectivity index (χ1n) is 7.49. The molecular formula is C17H11F2N3O4S. The van der Waals surface area contributed by atoms with Crippen LogP contribution >= 0.6 is 11.3 Å². The van der Waals surface area contributed by atoms with Crippen LogP contribution < -0.4 is 10.1 Å². The van der Waals surface area contributed by atoms with E-state index in [-0.39, 0.29) is 10.7 Å². The molecule has 10 heteroatoms. The summed E-state index contributed by atoms with van der Waals surface area (Å²) in [5.74, 6) is -1.31. The maximum atomic E-state index is 12.5. The van der Waals surface area contributed by atoms with Crippen LogP contribution in [0.25, 0.3) is 11.3 Å². The number of non-ortho nitro benzene ring substituents is 1. The van der Waals surface area contributed by atoms with Crippen LogP contribution in [0.2, 0.25) is 0 Å². The smallest absolute Gasteiger partial charge is 0.387 e. The number of alkyl halides is 2. The lowest BCUT2D eigenvalue weighted by atomic mass is 10.1. The number of nitrogens with zero attached hydrogens (tertiary/aromatic N) is 2. The van der Waals surface area contributed by atoms with E-state index >= 15 is 0 Å². The van der Waals surface area contributed by atoms with Crippen molar-refractivity contribution < 1.29 is 23.2 Å². The molecule has 0 aliphatic carbocycles. The number of amides is 1. The van der Waals surface area contributed by atoms with Crippen LogP contribution in [-0.2, 0) is 0 Å². The fourth-order valence-corrected chi connectivity index (χ4v) is 2.96. The Bertz CT molecular complexity index is 979. The van der Waals surface area contributed by atoms with Gasteiger partial charge in [-0.3, -0.25) is 20.2 Å². The van der Waals surface area contributed by atoms with Crippen LogP contribution in [0.3, 0.4) is 0 Å². The topological polar surface area (TPSA) is 94.4 Å². The van der Waals surface area contributed by atoms with Gasteiger partial charge in [-0.15, -0.1) is 11.3 Å². The van der Waals surface area contributed by atoms with Gasteiger partial charge in [0.2, 0.25) is 0 Å². The number of hydrogen-bond acceptors (Lipinski definition) is 6. The van der Waals surface area contributed by atoms with Crippen molar-refractivity contribution >= 4 is 28.1 Å². The molecule has 2 aromatic carbocycles. The van der Waals surface area contributed by atoms with Gasteiger partial charge in [0.15, 0.2) is 5.13 Å². The Hall–Kier alpha value is -3.40. The van der Waals surface area contributed by atoms with Gasteiger partial charge in [0, 0.05) is 23.1 Å². The van der Waals surface area contributed by atoms with Crippen LogP contribution in [0.4, 0.5) is 19.6 Å². The minimum atomic E-state index is -3.18. The van der Waals surface area contributed by atoms with Crippen LogP contribution in [0.15, 0.2) is 53.9 Å².